The number of hydrogen-bond donors (Lipinski definition) is 2. The number of rotatable bonds is 9. The molecule has 6 nitrogen and oxygen atoms in total. The van der Waals surface area contributed by atoms with Crippen LogP contribution in [-0.2, 0) is 24.4 Å². The van der Waals surface area contributed by atoms with Gasteiger partial charge in [0.25, 0.3) is 0 Å². The molecule has 2 aromatic carbocycles. The molecule has 176 valence electrons. The van der Waals surface area contributed by atoms with E-state index in [0.29, 0.717) is 31.2 Å². The number of alkyl halides is 2. The first-order valence-corrected chi connectivity index (χ1v) is 10.6. The van der Waals surface area contributed by atoms with E-state index in [0.717, 1.165) is 38.4 Å². The Morgan fingerprint density at radius 2 is 1.75 bits per heavy atom. The Morgan fingerprint density at radius 1 is 1.06 bits per heavy atom. The van der Waals surface area contributed by atoms with Crippen LogP contribution in [0.3, 0.4) is 0 Å². The smallest absolute Gasteiger partial charge is 0.387 e. The van der Waals surface area contributed by atoms with Crippen molar-refractivity contribution >= 4 is 29.9 Å². The average molecular weight is 560 g/mol. The van der Waals surface area contributed by atoms with Gasteiger partial charge in [0.15, 0.2) is 5.96 Å². The minimum Gasteiger partial charge on any atom is -0.434 e. The van der Waals surface area contributed by atoms with Gasteiger partial charge in [0.05, 0.1) is 19.8 Å². The average Bonchev–Trinajstić information content (AvgIpc) is 2.78. The molecule has 1 aliphatic heterocycles. The maximum Gasteiger partial charge on any atom is 0.387 e. The molecule has 0 bridgehead atoms. The summed E-state index contributed by atoms with van der Waals surface area (Å²) in [4.78, 5) is 7.00. The molecule has 2 aromatic rings. The zero-order valence-electron chi connectivity index (χ0n) is 18.2. The molecule has 2 N–H and O–H groups in total. The Balaban J connectivity index is 0.00000363. The third-order valence-corrected chi connectivity index (χ3v) is 4.93. The van der Waals surface area contributed by atoms with Gasteiger partial charge in [-0.05, 0) is 24.1 Å². The fraction of sp³-hybridized carbons (Fsp3) is 0.435. The lowest BCUT2D eigenvalue weighted by molar-refractivity contribution is -0.0504. The molecule has 1 saturated heterocycles. The van der Waals surface area contributed by atoms with Crippen LogP contribution in [0.2, 0.25) is 0 Å². The first kappa shape index (κ1) is 26.3. The van der Waals surface area contributed by atoms with Crippen LogP contribution in [0.15, 0.2) is 53.5 Å². The van der Waals surface area contributed by atoms with Crippen molar-refractivity contribution in [2.75, 3.05) is 32.8 Å². The summed E-state index contributed by atoms with van der Waals surface area (Å²) in [5.41, 5.74) is 3.01. The van der Waals surface area contributed by atoms with Crippen molar-refractivity contribution in [1.82, 2.24) is 15.5 Å². The molecule has 9 heteroatoms. The second-order valence-corrected chi connectivity index (χ2v) is 7.24. The maximum atomic E-state index is 12.6. The molecule has 0 aliphatic carbocycles. The summed E-state index contributed by atoms with van der Waals surface area (Å²) in [5.74, 6) is 0.781. The van der Waals surface area contributed by atoms with Gasteiger partial charge in [0.2, 0.25) is 0 Å². The number of aliphatic imine (C=N–C) groups is 1. The number of para-hydroxylation sites is 1. The van der Waals surface area contributed by atoms with Gasteiger partial charge in [-0.2, -0.15) is 8.78 Å². The van der Waals surface area contributed by atoms with E-state index in [9.17, 15) is 8.78 Å². The first-order valence-electron chi connectivity index (χ1n) is 10.6. The van der Waals surface area contributed by atoms with Crippen LogP contribution < -0.4 is 15.4 Å². The molecule has 0 spiro atoms. The van der Waals surface area contributed by atoms with Crippen molar-refractivity contribution in [3.8, 4) is 5.75 Å². The summed E-state index contributed by atoms with van der Waals surface area (Å²) >= 11 is 0. The number of nitrogens with one attached hydrogen (secondary N) is 2. The normalized spacial score (nSPS) is 14.7. The predicted octanol–water partition coefficient (Wildman–Crippen LogP) is 3.99. The van der Waals surface area contributed by atoms with Crippen molar-refractivity contribution in [3.05, 3.63) is 65.2 Å². The van der Waals surface area contributed by atoms with Crippen molar-refractivity contribution in [3.63, 3.8) is 0 Å². The SMILES string of the molecule is CCNC(=NCc1ccc(CN2CCOCC2)cc1)NCc1ccccc1OC(F)F.I. The number of nitrogens with zero attached hydrogens (tertiary/aromatic N) is 2. The number of guanidine groups is 1. The number of morpholine rings is 1. The third-order valence-electron chi connectivity index (χ3n) is 4.93. The number of ether oxygens (including phenoxy) is 2. The lowest BCUT2D eigenvalue weighted by Crippen LogP contribution is -2.36. The minimum absolute atomic E-state index is 0. The second-order valence-electron chi connectivity index (χ2n) is 7.24. The molecule has 1 heterocycles. The number of hydrogen-bond acceptors (Lipinski definition) is 4. The predicted molar refractivity (Wildman–Crippen MR) is 133 cm³/mol. The second kappa shape index (κ2) is 14.2. The van der Waals surface area contributed by atoms with E-state index in [-0.39, 0.29) is 29.7 Å². The molecule has 0 radical (unpaired) electrons. The van der Waals surface area contributed by atoms with E-state index in [1.807, 2.05) is 6.92 Å². The van der Waals surface area contributed by atoms with Crippen LogP contribution in [0, 0.1) is 0 Å². The topological polar surface area (TPSA) is 58.1 Å². The number of benzene rings is 2. The summed E-state index contributed by atoms with van der Waals surface area (Å²) in [6.07, 6.45) is 0. The van der Waals surface area contributed by atoms with E-state index in [1.54, 1.807) is 18.2 Å². The van der Waals surface area contributed by atoms with Crippen LogP contribution >= 0.6 is 24.0 Å². The molecule has 1 fully saturated rings. The highest BCUT2D eigenvalue weighted by Crippen LogP contribution is 2.20. The summed E-state index contributed by atoms with van der Waals surface area (Å²) < 4.78 is 35.2. The van der Waals surface area contributed by atoms with Crippen molar-refractivity contribution in [1.29, 1.82) is 0 Å². The molecule has 0 atom stereocenters. The number of halogens is 3. The monoisotopic (exact) mass is 560 g/mol. The van der Waals surface area contributed by atoms with Crippen LogP contribution in [0.5, 0.6) is 5.75 Å². The highest BCUT2D eigenvalue weighted by molar-refractivity contribution is 14.0. The van der Waals surface area contributed by atoms with Crippen LogP contribution in [0.25, 0.3) is 0 Å². The first-order chi connectivity index (χ1) is 15.1. The molecule has 32 heavy (non-hydrogen) atoms. The molecular formula is C23H31F2IN4O2. The van der Waals surface area contributed by atoms with Crippen molar-refractivity contribution in [2.24, 2.45) is 4.99 Å². The van der Waals surface area contributed by atoms with Gasteiger partial charge in [-0.3, -0.25) is 4.90 Å². The van der Waals surface area contributed by atoms with E-state index in [1.165, 1.54) is 11.6 Å². The molecule has 0 amide bonds. The Bertz CT molecular complexity index is 831. The lowest BCUT2D eigenvalue weighted by Gasteiger charge is -2.26. The van der Waals surface area contributed by atoms with Crippen LogP contribution in [0.4, 0.5) is 8.78 Å². The van der Waals surface area contributed by atoms with Crippen LogP contribution in [-0.4, -0.2) is 50.3 Å². The highest BCUT2D eigenvalue weighted by Gasteiger charge is 2.11. The third kappa shape index (κ3) is 8.87. The zero-order valence-corrected chi connectivity index (χ0v) is 20.6. The fourth-order valence-electron chi connectivity index (χ4n) is 3.32. The molecule has 1 aliphatic rings. The zero-order chi connectivity index (χ0) is 21.9. The Morgan fingerprint density at radius 3 is 2.44 bits per heavy atom. The summed E-state index contributed by atoms with van der Waals surface area (Å²) in [6, 6.07) is 15.2. The van der Waals surface area contributed by atoms with Crippen molar-refractivity contribution in [2.45, 2.75) is 33.2 Å². The minimum atomic E-state index is -2.85. The molecule has 0 aromatic heterocycles. The van der Waals surface area contributed by atoms with Gasteiger partial charge >= 0.3 is 6.61 Å². The van der Waals surface area contributed by atoms with Gasteiger partial charge in [0, 0.05) is 38.3 Å². The van der Waals surface area contributed by atoms with Gasteiger partial charge in [-0.15, -0.1) is 24.0 Å². The highest BCUT2D eigenvalue weighted by atomic mass is 127. The quantitative estimate of drug-likeness (QED) is 0.276. The van der Waals surface area contributed by atoms with Crippen molar-refractivity contribution < 1.29 is 18.3 Å². The summed E-state index contributed by atoms with van der Waals surface area (Å²) in [7, 11) is 0. The standard InChI is InChI=1S/C23H30F2N4O2.HI/c1-2-26-23(28-16-20-5-3-4-6-21(20)31-22(24)25)27-15-18-7-9-19(10-8-18)17-29-11-13-30-14-12-29;/h3-10,22H,2,11-17H2,1H3,(H2,26,27,28);1H. The Hall–Kier alpha value is -1.98. The van der Waals surface area contributed by atoms with E-state index >= 15 is 0 Å². The Labute approximate surface area is 205 Å². The van der Waals surface area contributed by atoms with Gasteiger partial charge in [-0.1, -0.05) is 42.5 Å². The summed E-state index contributed by atoms with van der Waals surface area (Å²) in [6.45, 7) is 5.12. The fourth-order valence-corrected chi connectivity index (χ4v) is 3.32. The summed E-state index contributed by atoms with van der Waals surface area (Å²) in [5, 5.41) is 6.36. The molecular weight excluding hydrogens is 529 g/mol. The van der Waals surface area contributed by atoms with E-state index < -0.39 is 6.61 Å². The van der Waals surface area contributed by atoms with Gasteiger partial charge in [-0.25, -0.2) is 4.99 Å². The van der Waals surface area contributed by atoms with Gasteiger partial charge < -0.3 is 20.1 Å². The van der Waals surface area contributed by atoms with E-state index in [2.05, 4.69) is 49.5 Å². The Kier molecular flexibility index (Phi) is 11.7. The van der Waals surface area contributed by atoms with Gasteiger partial charge in [0.1, 0.15) is 5.75 Å². The van der Waals surface area contributed by atoms with Crippen LogP contribution in [0.1, 0.15) is 23.6 Å². The maximum absolute atomic E-state index is 12.6. The molecule has 0 saturated carbocycles. The molecule has 3 rings (SSSR count). The largest absolute Gasteiger partial charge is 0.434 e. The van der Waals surface area contributed by atoms with E-state index in [4.69, 9.17) is 4.74 Å². The lowest BCUT2D eigenvalue weighted by atomic mass is 10.1. The molecule has 0 unspecified atom stereocenters.